The number of thiazole rings is 1. The highest BCUT2D eigenvalue weighted by Gasteiger charge is 2.25. The number of fused-ring (bicyclic) bond motifs is 1. The highest BCUT2D eigenvalue weighted by atomic mass is 32.2. The summed E-state index contributed by atoms with van der Waals surface area (Å²) in [5.74, 6) is -0.312. The molecule has 0 radical (unpaired) electrons. The van der Waals surface area contributed by atoms with Crippen molar-refractivity contribution < 1.29 is 38.9 Å². The number of aromatic nitrogens is 3. The van der Waals surface area contributed by atoms with E-state index in [1.807, 2.05) is 0 Å². The molecule has 0 spiro atoms. The van der Waals surface area contributed by atoms with Crippen LogP contribution in [-0.4, -0.2) is 53.7 Å². The second-order valence-corrected chi connectivity index (χ2v) is 12.3. The minimum Gasteiger partial charge on any atom is -0.382 e. The maximum Gasteiger partial charge on any atom is 0.296 e. The van der Waals surface area contributed by atoms with Gasteiger partial charge in [0.05, 0.1) is 21.0 Å². The number of hydrogen-bond donors (Lipinski definition) is 4. The summed E-state index contributed by atoms with van der Waals surface area (Å²) in [4.78, 5) is 2.19. The van der Waals surface area contributed by atoms with Gasteiger partial charge in [-0.2, -0.15) is 30.4 Å². The Hall–Kier alpha value is -3.33. The largest absolute Gasteiger partial charge is 0.382 e. The van der Waals surface area contributed by atoms with E-state index in [0.29, 0.717) is 4.70 Å². The molecule has 4 aromatic rings. The van der Waals surface area contributed by atoms with E-state index in [9.17, 15) is 38.9 Å². The minimum absolute atomic E-state index is 0.0142. The van der Waals surface area contributed by atoms with Crippen molar-refractivity contribution in [1.82, 2.24) is 14.8 Å². The van der Waals surface area contributed by atoms with Gasteiger partial charge in [-0.1, -0.05) is 17.4 Å². The van der Waals surface area contributed by atoms with Crippen molar-refractivity contribution >= 4 is 68.5 Å². The third-order valence-electron chi connectivity index (χ3n) is 4.68. The summed E-state index contributed by atoms with van der Waals surface area (Å²) in [7, 11) is -14.2. The van der Waals surface area contributed by atoms with Crippen LogP contribution in [0.2, 0.25) is 0 Å². The van der Waals surface area contributed by atoms with Gasteiger partial charge in [-0.05, 0) is 37.3 Å². The predicted molar refractivity (Wildman–Crippen MR) is 126 cm³/mol. The topological polar surface area (TPSA) is 245 Å². The van der Waals surface area contributed by atoms with Crippen LogP contribution in [0.4, 0.5) is 16.6 Å². The summed E-state index contributed by atoms with van der Waals surface area (Å²) in [5.41, 5.74) is 5.56. The van der Waals surface area contributed by atoms with Crippen LogP contribution in [0.5, 0.6) is 0 Å². The molecule has 190 valence electrons. The lowest BCUT2D eigenvalue weighted by molar-refractivity contribution is 0.477. The van der Waals surface area contributed by atoms with Crippen LogP contribution in [0.3, 0.4) is 0 Å². The second kappa shape index (κ2) is 8.65. The molecule has 36 heavy (non-hydrogen) atoms. The molecule has 19 heteroatoms. The quantitative estimate of drug-likeness (QED) is 0.192. The maximum absolute atomic E-state index is 11.8. The van der Waals surface area contributed by atoms with Crippen molar-refractivity contribution in [3.63, 3.8) is 0 Å². The molecule has 5 N–H and O–H groups in total. The van der Waals surface area contributed by atoms with Crippen molar-refractivity contribution in [3.8, 4) is 5.69 Å². The highest BCUT2D eigenvalue weighted by Crippen LogP contribution is 2.36. The first-order chi connectivity index (χ1) is 16.6. The Kier molecular flexibility index (Phi) is 6.19. The zero-order valence-corrected chi connectivity index (χ0v) is 21.0. The molecule has 0 saturated carbocycles. The van der Waals surface area contributed by atoms with Crippen LogP contribution in [0.25, 0.3) is 15.9 Å². The molecule has 0 aliphatic heterocycles. The molecule has 0 amide bonds. The molecule has 0 bridgehead atoms. The molecule has 2 heterocycles. The summed E-state index contributed by atoms with van der Waals surface area (Å²) < 4.78 is 99.4. The first-order valence-electron chi connectivity index (χ1n) is 9.30. The molecular weight excluding hydrogens is 560 g/mol. The van der Waals surface area contributed by atoms with Crippen LogP contribution in [0.15, 0.2) is 61.3 Å². The van der Waals surface area contributed by atoms with Crippen molar-refractivity contribution in [3.05, 3.63) is 42.1 Å². The van der Waals surface area contributed by atoms with Gasteiger partial charge >= 0.3 is 0 Å². The smallest absolute Gasteiger partial charge is 0.296 e. The number of rotatable bonds is 6. The molecule has 15 nitrogen and oxygen atoms in total. The molecule has 0 saturated heterocycles. The Labute approximate surface area is 207 Å². The van der Waals surface area contributed by atoms with E-state index in [1.165, 1.54) is 13.0 Å². The van der Waals surface area contributed by atoms with Gasteiger partial charge in [0.25, 0.3) is 30.4 Å². The van der Waals surface area contributed by atoms with Gasteiger partial charge in [-0.15, -0.1) is 10.2 Å². The van der Waals surface area contributed by atoms with E-state index in [-0.39, 0.29) is 27.8 Å². The Morgan fingerprint density at radius 3 is 2.19 bits per heavy atom. The summed E-state index contributed by atoms with van der Waals surface area (Å²) in [6.07, 6.45) is 0. The van der Waals surface area contributed by atoms with E-state index in [0.717, 1.165) is 40.3 Å². The van der Waals surface area contributed by atoms with E-state index >= 15 is 0 Å². The number of aryl methyl sites for hydroxylation is 1. The van der Waals surface area contributed by atoms with Crippen molar-refractivity contribution in [2.75, 3.05) is 5.73 Å². The van der Waals surface area contributed by atoms with Gasteiger partial charge < -0.3 is 5.73 Å². The zero-order valence-electron chi connectivity index (χ0n) is 17.7. The van der Waals surface area contributed by atoms with Crippen molar-refractivity contribution in [2.24, 2.45) is 10.2 Å². The van der Waals surface area contributed by atoms with E-state index in [1.54, 1.807) is 6.07 Å². The molecule has 0 aliphatic carbocycles. The lowest BCUT2D eigenvalue weighted by Gasteiger charge is -2.10. The number of hydrogen-bond acceptors (Lipinski definition) is 12. The zero-order chi connectivity index (χ0) is 26.6. The van der Waals surface area contributed by atoms with Crippen molar-refractivity contribution in [2.45, 2.75) is 21.6 Å². The number of nitrogens with zero attached hydrogens (tertiary/aromatic N) is 5. The Balaban J connectivity index is 1.83. The van der Waals surface area contributed by atoms with Gasteiger partial charge in [0.1, 0.15) is 15.3 Å². The fraction of sp³-hybridized carbons (Fsp3) is 0.0588. The molecule has 2 aromatic heterocycles. The predicted octanol–water partition coefficient (Wildman–Crippen LogP) is 2.53. The Bertz CT molecular complexity index is 1890. The third kappa shape index (κ3) is 4.84. The summed E-state index contributed by atoms with van der Waals surface area (Å²) in [6.45, 7) is 1.43. The number of nitrogen functional groups attached to an aromatic ring is 1. The maximum atomic E-state index is 11.8. The lowest BCUT2D eigenvalue weighted by atomic mass is 10.3. The van der Waals surface area contributed by atoms with Gasteiger partial charge in [-0.3, -0.25) is 13.7 Å². The average molecular weight is 575 g/mol. The summed E-state index contributed by atoms with van der Waals surface area (Å²) in [6, 6.07) is 6.38. The third-order valence-corrected chi connectivity index (χ3v) is 8.22. The molecule has 0 unspecified atom stereocenters. The number of para-hydroxylation sites is 1. The lowest BCUT2D eigenvalue weighted by Crippen LogP contribution is -2.11. The minimum atomic E-state index is -4.88. The Morgan fingerprint density at radius 1 is 0.917 bits per heavy atom. The number of benzene rings is 2. The van der Waals surface area contributed by atoms with Crippen LogP contribution >= 0.6 is 11.3 Å². The number of anilines is 1. The Morgan fingerprint density at radius 2 is 1.58 bits per heavy atom. The fourth-order valence-electron chi connectivity index (χ4n) is 3.14. The first kappa shape index (κ1) is 25.8. The summed E-state index contributed by atoms with van der Waals surface area (Å²) in [5, 5.41) is 11.9. The number of nitrogens with two attached hydrogens (primary N) is 1. The molecule has 0 aliphatic rings. The van der Waals surface area contributed by atoms with Gasteiger partial charge in [-0.25, -0.2) is 9.67 Å². The molecule has 4 rings (SSSR count). The first-order valence-corrected chi connectivity index (χ1v) is 14.4. The molecule has 0 fully saturated rings. The van der Waals surface area contributed by atoms with Gasteiger partial charge in [0.15, 0.2) is 11.5 Å². The van der Waals surface area contributed by atoms with E-state index in [4.69, 9.17) is 5.73 Å². The van der Waals surface area contributed by atoms with Crippen LogP contribution in [-0.2, 0) is 30.4 Å². The number of azo groups is 1. The van der Waals surface area contributed by atoms with E-state index in [2.05, 4.69) is 20.3 Å². The standard InChI is InChI=1S/C17H14N6O9S4/c1-8-14(20-21-17-19-15-11(33-17)3-2-4-13(15)36(30,31)32)16(18)23(22-8)10-7-9(34(24,25)26)5-6-12(10)35(27,28)29/h2-7H,18H2,1H3,(H,24,25,26)(H,27,28,29)(H,30,31,32). The second-order valence-electron chi connectivity index (χ2n) is 7.09. The molecular formula is C17H14N6O9S4. The SMILES string of the molecule is Cc1nn(-c2cc(S(=O)(=O)O)ccc2S(=O)(=O)O)c(N)c1N=Nc1nc2c(S(=O)(=O)O)cccc2s1. The van der Waals surface area contributed by atoms with Crippen LogP contribution in [0, 0.1) is 6.92 Å². The highest BCUT2D eigenvalue weighted by molar-refractivity contribution is 7.86. The summed E-state index contributed by atoms with van der Waals surface area (Å²) >= 11 is 0.950. The van der Waals surface area contributed by atoms with Gasteiger partial charge in [0, 0.05) is 0 Å². The van der Waals surface area contributed by atoms with E-state index < -0.39 is 50.7 Å². The normalized spacial score (nSPS) is 13.1. The van der Waals surface area contributed by atoms with Gasteiger partial charge in [0.2, 0.25) is 5.13 Å². The molecule has 0 atom stereocenters. The monoisotopic (exact) mass is 574 g/mol. The molecule has 2 aromatic carbocycles. The fourth-order valence-corrected chi connectivity index (χ4v) is 5.82. The van der Waals surface area contributed by atoms with Crippen LogP contribution < -0.4 is 5.73 Å². The van der Waals surface area contributed by atoms with Crippen LogP contribution in [0.1, 0.15) is 5.69 Å². The van der Waals surface area contributed by atoms with Crippen molar-refractivity contribution in [1.29, 1.82) is 0 Å². The average Bonchev–Trinajstić information content (AvgIpc) is 3.29.